The number of anilines is 1. The molecule has 3 aliphatic rings. The Balaban J connectivity index is 1.31. The van der Waals surface area contributed by atoms with Crippen LogP contribution in [-0.4, -0.2) is 42.8 Å². The maximum atomic E-state index is 13.0. The highest BCUT2D eigenvalue weighted by Gasteiger charge is 2.40. The lowest BCUT2D eigenvalue weighted by atomic mass is 9.89. The largest absolute Gasteiger partial charge is 0.433 e. The molecule has 34 heavy (non-hydrogen) atoms. The van der Waals surface area contributed by atoms with Crippen molar-refractivity contribution in [3.63, 3.8) is 0 Å². The quantitative estimate of drug-likeness (QED) is 0.483. The van der Waals surface area contributed by atoms with Gasteiger partial charge in [-0.1, -0.05) is 18.2 Å². The molecule has 0 aromatic heterocycles. The number of halogens is 5. The molecule has 1 amide bonds. The Morgan fingerprint density at radius 1 is 1.09 bits per heavy atom. The maximum absolute atomic E-state index is 13.0. The minimum Gasteiger partial charge on any atom is -0.385 e. The lowest BCUT2D eigenvalue weighted by Gasteiger charge is -2.32. The monoisotopic (exact) mass is 480 g/mol. The van der Waals surface area contributed by atoms with E-state index in [1.165, 1.54) is 0 Å². The van der Waals surface area contributed by atoms with E-state index < -0.39 is 30.8 Å². The molecule has 1 atom stereocenters. The number of allylic oxidation sites excluding steroid dienone is 5. The van der Waals surface area contributed by atoms with Crippen molar-refractivity contribution in [2.24, 2.45) is 10.9 Å². The molecule has 182 valence electrons. The SMILES string of the molecule is O=C(NC1CCC(NC2=CC=CC3=NC(C(F)(F)F)=CC23)CC1)c1ccccc1NCC(F)F. The summed E-state index contributed by atoms with van der Waals surface area (Å²) < 4.78 is 64.2. The smallest absolute Gasteiger partial charge is 0.385 e. The molecule has 1 saturated carbocycles. The number of hydrogen-bond acceptors (Lipinski definition) is 4. The third-order valence-corrected chi connectivity index (χ3v) is 6.11. The first-order chi connectivity index (χ1) is 16.2. The van der Waals surface area contributed by atoms with E-state index in [0.717, 1.165) is 18.9 Å². The Morgan fingerprint density at radius 3 is 2.50 bits per heavy atom. The number of fused-ring (bicyclic) bond motifs is 1. The molecule has 1 unspecified atom stereocenters. The van der Waals surface area contributed by atoms with E-state index in [1.54, 1.807) is 42.5 Å². The number of nitrogens with zero attached hydrogens (tertiary/aromatic N) is 1. The number of amides is 1. The standard InChI is InChI=1S/C24H25F5N4O/c25-22(26)13-30-18-5-2-1-4-16(18)23(34)32-15-10-8-14(9-11-15)31-19-6-3-7-20-17(19)12-21(33-20)24(27,28)29/h1-7,12,14-15,17,22,30-31H,8-11,13H2,(H,32,34). The zero-order valence-electron chi connectivity index (χ0n) is 18.2. The molecule has 0 spiro atoms. The van der Waals surface area contributed by atoms with Crippen molar-refractivity contribution in [2.45, 2.75) is 50.4 Å². The zero-order valence-corrected chi connectivity index (χ0v) is 18.2. The van der Waals surface area contributed by atoms with E-state index in [2.05, 4.69) is 20.9 Å². The van der Waals surface area contributed by atoms with Gasteiger partial charge < -0.3 is 16.0 Å². The van der Waals surface area contributed by atoms with Gasteiger partial charge in [-0.2, -0.15) is 13.2 Å². The lowest BCUT2D eigenvalue weighted by molar-refractivity contribution is -0.0922. The van der Waals surface area contributed by atoms with Gasteiger partial charge in [0, 0.05) is 23.5 Å². The van der Waals surface area contributed by atoms with Crippen LogP contribution in [0.15, 0.2) is 65.0 Å². The highest BCUT2D eigenvalue weighted by molar-refractivity contribution is 6.03. The van der Waals surface area contributed by atoms with Gasteiger partial charge in [-0.05, 0) is 56.0 Å². The van der Waals surface area contributed by atoms with Gasteiger partial charge in [-0.3, -0.25) is 4.79 Å². The molecule has 1 heterocycles. The Labute approximate surface area is 193 Å². The highest BCUT2D eigenvalue weighted by atomic mass is 19.4. The number of benzene rings is 1. The number of alkyl halides is 5. The summed E-state index contributed by atoms with van der Waals surface area (Å²) in [5.74, 6) is -0.859. The summed E-state index contributed by atoms with van der Waals surface area (Å²) in [7, 11) is 0. The fraction of sp³-hybridized carbons (Fsp3) is 0.417. The van der Waals surface area contributed by atoms with Gasteiger partial charge in [0.15, 0.2) is 0 Å². The Bertz CT molecular complexity index is 1040. The Hall–Kier alpha value is -3.17. The number of carbonyl (C=O) groups excluding carboxylic acids is 1. The van der Waals surface area contributed by atoms with Gasteiger partial charge in [-0.25, -0.2) is 13.8 Å². The van der Waals surface area contributed by atoms with Crippen molar-refractivity contribution in [3.05, 3.63) is 65.5 Å². The van der Waals surface area contributed by atoms with Crippen molar-refractivity contribution in [1.82, 2.24) is 10.6 Å². The predicted octanol–water partition coefficient (Wildman–Crippen LogP) is 4.96. The van der Waals surface area contributed by atoms with Gasteiger partial charge in [0.2, 0.25) is 0 Å². The second-order valence-electron chi connectivity index (χ2n) is 8.53. The molecule has 1 aromatic rings. The Morgan fingerprint density at radius 2 is 1.79 bits per heavy atom. The molecule has 0 bridgehead atoms. The second kappa shape index (κ2) is 9.99. The number of nitrogens with one attached hydrogen (secondary N) is 3. The van der Waals surface area contributed by atoms with Crippen LogP contribution in [-0.2, 0) is 0 Å². The van der Waals surface area contributed by atoms with Crippen LogP contribution in [0, 0.1) is 5.92 Å². The van der Waals surface area contributed by atoms with Gasteiger partial charge in [-0.15, -0.1) is 0 Å². The predicted molar refractivity (Wildman–Crippen MR) is 120 cm³/mol. The van der Waals surface area contributed by atoms with Crippen LogP contribution in [0.5, 0.6) is 0 Å². The van der Waals surface area contributed by atoms with Crippen LogP contribution >= 0.6 is 0 Å². The molecule has 1 aromatic carbocycles. The fourth-order valence-corrected chi connectivity index (χ4v) is 4.43. The minimum absolute atomic E-state index is 0.0653. The van der Waals surface area contributed by atoms with Crippen molar-refractivity contribution in [1.29, 1.82) is 0 Å². The van der Waals surface area contributed by atoms with Crippen molar-refractivity contribution in [2.75, 3.05) is 11.9 Å². The number of carbonyl (C=O) groups is 1. The van der Waals surface area contributed by atoms with E-state index in [1.807, 2.05) is 0 Å². The summed E-state index contributed by atoms with van der Waals surface area (Å²) in [5, 5.41) is 8.94. The number of rotatable bonds is 7. The van der Waals surface area contributed by atoms with Crippen LogP contribution in [0.3, 0.4) is 0 Å². The average molecular weight is 480 g/mol. The molecular formula is C24H25F5N4O. The summed E-state index contributed by atoms with van der Waals surface area (Å²) in [6.45, 7) is -0.542. The Kier molecular flexibility index (Phi) is 7.04. The lowest BCUT2D eigenvalue weighted by Crippen LogP contribution is -2.43. The first-order valence-electron chi connectivity index (χ1n) is 11.1. The van der Waals surface area contributed by atoms with Gasteiger partial charge >= 0.3 is 6.18 Å². The van der Waals surface area contributed by atoms with E-state index in [9.17, 15) is 26.7 Å². The zero-order chi connectivity index (χ0) is 24.3. The van der Waals surface area contributed by atoms with Crippen LogP contribution < -0.4 is 16.0 Å². The van der Waals surface area contributed by atoms with Crippen LogP contribution in [0.4, 0.5) is 27.6 Å². The number of hydrogen-bond donors (Lipinski definition) is 3. The van der Waals surface area contributed by atoms with Crippen LogP contribution in [0.25, 0.3) is 0 Å². The molecular weight excluding hydrogens is 455 g/mol. The van der Waals surface area contributed by atoms with E-state index >= 15 is 0 Å². The summed E-state index contributed by atoms with van der Waals surface area (Å²) in [6, 6.07) is 6.51. The molecule has 2 aliphatic carbocycles. The van der Waals surface area contributed by atoms with Crippen molar-refractivity contribution >= 4 is 17.3 Å². The molecule has 10 heteroatoms. The third-order valence-electron chi connectivity index (χ3n) is 6.11. The van der Waals surface area contributed by atoms with E-state index in [4.69, 9.17) is 0 Å². The van der Waals surface area contributed by atoms with Crippen LogP contribution in [0.2, 0.25) is 0 Å². The number of para-hydroxylation sites is 1. The minimum atomic E-state index is -4.48. The summed E-state index contributed by atoms with van der Waals surface area (Å²) >= 11 is 0. The van der Waals surface area contributed by atoms with Gasteiger partial charge in [0.25, 0.3) is 12.3 Å². The molecule has 0 radical (unpaired) electrons. The molecule has 5 nitrogen and oxygen atoms in total. The van der Waals surface area contributed by atoms with E-state index in [0.29, 0.717) is 35.5 Å². The normalized spacial score (nSPS) is 24.2. The third kappa shape index (κ3) is 5.66. The second-order valence-corrected chi connectivity index (χ2v) is 8.53. The first-order valence-corrected chi connectivity index (χ1v) is 11.1. The van der Waals surface area contributed by atoms with Crippen molar-refractivity contribution < 1.29 is 26.7 Å². The summed E-state index contributed by atoms with van der Waals surface area (Å²) in [4.78, 5) is 16.4. The maximum Gasteiger partial charge on any atom is 0.433 e. The van der Waals surface area contributed by atoms with Gasteiger partial charge in [0.05, 0.1) is 23.7 Å². The van der Waals surface area contributed by atoms with E-state index in [-0.39, 0.29) is 18.0 Å². The summed E-state index contributed by atoms with van der Waals surface area (Å²) in [5.41, 5.74) is 0.849. The van der Waals surface area contributed by atoms with Gasteiger partial charge in [0.1, 0.15) is 5.70 Å². The van der Waals surface area contributed by atoms with Crippen LogP contribution in [0.1, 0.15) is 36.0 Å². The molecule has 4 rings (SSSR count). The molecule has 0 saturated heterocycles. The highest BCUT2D eigenvalue weighted by Crippen LogP contribution is 2.36. The summed E-state index contributed by atoms with van der Waals surface area (Å²) in [6.07, 6.45) is 2.02. The fourth-order valence-electron chi connectivity index (χ4n) is 4.43. The molecule has 1 fully saturated rings. The molecule has 1 aliphatic heterocycles. The molecule has 3 N–H and O–H groups in total. The first kappa shape index (κ1) is 24.0. The van der Waals surface area contributed by atoms with Crippen molar-refractivity contribution in [3.8, 4) is 0 Å². The number of aliphatic imine (C=N–C) groups is 1. The topological polar surface area (TPSA) is 65.5 Å². The average Bonchev–Trinajstić information content (AvgIpc) is 3.25.